The van der Waals surface area contributed by atoms with E-state index in [-0.39, 0.29) is 36.4 Å². The number of esters is 1. The lowest BCUT2D eigenvalue weighted by Crippen LogP contribution is -2.41. The molecule has 7 heteroatoms. The summed E-state index contributed by atoms with van der Waals surface area (Å²) >= 11 is 0. The van der Waals surface area contributed by atoms with Crippen LogP contribution in [0.1, 0.15) is 44.4 Å². The third-order valence-corrected chi connectivity index (χ3v) is 5.75. The van der Waals surface area contributed by atoms with Crippen molar-refractivity contribution in [2.24, 2.45) is 5.92 Å². The maximum atomic E-state index is 12.8. The number of pyridine rings is 1. The van der Waals surface area contributed by atoms with Crippen molar-refractivity contribution in [3.05, 3.63) is 53.9 Å². The Kier molecular flexibility index (Phi) is 8.26. The van der Waals surface area contributed by atoms with Gasteiger partial charge in [-0.1, -0.05) is 43.7 Å². The minimum Gasteiger partial charge on any atom is -0.503 e. The van der Waals surface area contributed by atoms with Crippen molar-refractivity contribution in [1.82, 2.24) is 10.3 Å². The molecule has 2 heterocycles. The number of cyclic esters (lactones) is 1. The monoisotopic (exact) mass is 428 g/mol. The summed E-state index contributed by atoms with van der Waals surface area (Å²) in [5.41, 5.74) is 1.52. The van der Waals surface area contributed by atoms with Crippen LogP contribution in [0.15, 0.2) is 42.6 Å². The second kappa shape index (κ2) is 11.1. The van der Waals surface area contributed by atoms with Gasteiger partial charge in [-0.3, -0.25) is 15.1 Å². The first-order chi connectivity index (χ1) is 15.0. The summed E-state index contributed by atoms with van der Waals surface area (Å²) in [5, 5.41) is 13.4. The second-order valence-electron chi connectivity index (χ2n) is 8.05. The molecule has 1 fully saturated rings. The van der Waals surface area contributed by atoms with Crippen LogP contribution in [0.4, 0.5) is 0 Å². The van der Waals surface area contributed by atoms with Crippen molar-refractivity contribution in [1.29, 1.82) is 0 Å². The molecule has 3 rings (SSSR count). The van der Waals surface area contributed by atoms with Gasteiger partial charge in [-0.05, 0) is 31.2 Å². The molecule has 1 aliphatic heterocycles. The van der Waals surface area contributed by atoms with Crippen molar-refractivity contribution in [2.75, 3.05) is 7.11 Å². The molecule has 168 valence electrons. The zero-order valence-corrected chi connectivity index (χ0v) is 18.4. The standard InChI is InChI=1S/C24H32N2O5/c1-16-8-7-11-19(26-14-20-22(27)21(29-3)12-13-25-20)24(28)31-17(2)23(16)30-15-18-9-5-4-6-10-18/h4-6,9-10,12-13,16-17,19,23,26-27H,7-8,11,14-15H2,1-3H3/t16-,17-,19-,23+/m0/s1. The van der Waals surface area contributed by atoms with E-state index in [4.69, 9.17) is 14.2 Å². The number of aromatic nitrogens is 1. The number of hydrogen-bond donors (Lipinski definition) is 2. The maximum Gasteiger partial charge on any atom is 0.323 e. The van der Waals surface area contributed by atoms with E-state index >= 15 is 0 Å². The van der Waals surface area contributed by atoms with Gasteiger partial charge in [0, 0.05) is 18.8 Å². The third-order valence-electron chi connectivity index (χ3n) is 5.75. The highest BCUT2D eigenvalue weighted by Gasteiger charge is 2.32. The molecule has 0 unspecified atom stereocenters. The van der Waals surface area contributed by atoms with Gasteiger partial charge in [-0.2, -0.15) is 0 Å². The van der Waals surface area contributed by atoms with Crippen molar-refractivity contribution in [2.45, 2.75) is 64.5 Å². The lowest BCUT2D eigenvalue weighted by Gasteiger charge is -2.29. The van der Waals surface area contributed by atoms with Crippen LogP contribution in [-0.2, 0) is 27.4 Å². The summed E-state index contributed by atoms with van der Waals surface area (Å²) in [4.78, 5) is 17.0. The molecule has 2 N–H and O–H groups in total. The molecular weight excluding hydrogens is 396 g/mol. The van der Waals surface area contributed by atoms with Gasteiger partial charge in [0.05, 0.1) is 25.5 Å². The number of aromatic hydroxyl groups is 1. The quantitative estimate of drug-likeness (QED) is 0.652. The van der Waals surface area contributed by atoms with Crippen LogP contribution in [0.5, 0.6) is 11.5 Å². The average molecular weight is 429 g/mol. The molecule has 4 atom stereocenters. The van der Waals surface area contributed by atoms with Gasteiger partial charge in [0.2, 0.25) is 0 Å². The van der Waals surface area contributed by atoms with Gasteiger partial charge in [0.25, 0.3) is 0 Å². The van der Waals surface area contributed by atoms with E-state index in [0.717, 1.165) is 18.4 Å². The van der Waals surface area contributed by atoms with Crippen LogP contribution in [0, 0.1) is 5.92 Å². The van der Waals surface area contributed by atoms with Crippen molar-refractivity contribution in [3.8, 4) is 11.5 Å². The van der Waals surface area contributed by atoms with Crippen LogP contribution in [0.3, 0.4) is 0 Å². The van der Waals surface area contributed by atoms with E-state index in [0.29, 0.717) is 24.5 Å². The van der Waals surface area contributed by atoms with Gasteiger partial charge in [0.15, 0.2) is 11.5 Å². The number of methoxy groups -OCH3 is 1. The summed E-state index contributed by atoms with van der Waals surface area (Å²) in [6, 6.07) is 11.1. The first-order valence-electron chi connectivity index (χ1n) is 10.8. The highest BCUT2D eigenvalue weighted by Crippen LogP contribution is 2.28. The fourth-order valence-corrected chi connectivity index (χ4v) is 3.96. The Hall–Kier alpha value is -2.64. The summed E-state index contributed by atoms with van der Waals surface area (Å²) in [5.74, 6) is 0.279. The van der Waals surface area contributed by atoms with Gasteiger partial charge >= 0.3 is 5.97 Å². The van der Waals surface area contributed by atoms with E-state index in [2.05, 4.69) is 17.2 Å². The van der Waals surface area contributed by atoms with E-state index in [1.807, 2.05) is 37.3 Å². The van der Waals surface area contributed by atoms with Gasteiger partial charge in [-0.15, -0.1) is 0 Å². The molecule has 31 heavy (non-hydrogen) atoms. The molecule has 0 saturated carbocycles. The first-order valence-corrected chi connectivity index (χ1v) is 10.8. The fourth-order valence-electron chi connectivity index (χ4n) is 3.96. The summed E-state index contributed by atoms with van der Waals surface area (Å²) in [6.07, 6.45) is 3.47. The Bertz CT molecular complexity index is 845. The molecule has 0 amide bonds. The minimum atomic E-state index is -0.477. The Morgan fingerprint density at radius 2 is 1.97 bits per heavy atom. The molecule has 0 spiro atoms. The molecule has 1 aromatic heterocycles. The Morgan fingerprint density at radius 1 is 1.19 bits per heavy atom. The highest BCUT2D eigenvalue weighted by molar-refractivity contribution is 5.76. The zero-order valence-electron chi connectivity index (χ0n) is 18.4. The lowest BCUT2D eigenvalue weighted by molar-refractivity contribution is -0.161. The van der Waals surface area contributed by atoms with Crippen molar-refractivity contribution >= 4 is 5.97 Å². The number of ether oxygens (including phenoxy) is 3. The zero-order chi connectivity index (χ0) is 22.2. The molecule has 1 aliphatic rings. The van der Waals surface area contributed by atoms with E-state index in [1.54, 1.807) is 12.3 Å². The van der Waals surface area contributed by atoms with Crippen LogP contribution in [0.25, 0.3) is 0 Å². The number of nitrogens with one attached hydrogen (secondary N) is 1. The highest BCUT2D eigenvalue weighted by atomic mass is 16.6. The van der Waals surface area contributed by atoms with Gasteiger partial charge < -0.3 is 19.3 Å². The van der Waals surface area contributed by atoms with Crippen LogP contribution >= 0.6 is 0 Å². The van der Waals surface area contributed by atoms with E-state index < -0.39 is 6.04 Å². The van der Waals surface area contributed by atoms with Crippen molar-refractivity contribution in [3.63, 3.8) is 0 Å². The van der Waals surface area contributed by atoms with E-state index in [9.17, 15) is 9.90 Å². The smallest absolute Gasteiger partial charge is 0.323 e. The molecule has 7 nitrogen and oxygen atoms in total. The molecule has 0 aliphatic carbocycles. The summed E-state index contributed by atoms with van der Waals surface area (Å²) in [6.45, 7) is 4.76. The van der Waals surface area contributed by atoms with Gasteiger partial charge in [-0.25, -0.2) is 0 Å². The number of benzene rings is 1. The second-order valence-corrected chi connectivity index (χ2v) is 8.05. The summed E-state index contributed by atoms with van der Waals surface area (Å²) in [7, 11) is 1.49. The number of rotatable bonds is 7. The lowest BCUT2D eigenvalue weighted by atomic mass is 9.94. The minimum absolute atomic E-state index is 0.0229. The Balaban J connectivity index is 1.62. The number of carbonyl (C=O) groups is 1. The van der Waals surface area contributed by atoms with Crippen LogP contribution in [0.2, 0.25) is 0 Å². The average Bonchev–Trinajstić information content (AvgIpc) is 2.81. The predicted octanol–water partition coefficient (Wildman–Crippen LogP) is 3.59. The number of carbonyl (C=O) groups excluding carboxylic acids is 1. The maximum absolute atomic E-state index is 12.8. The predicted molar refractivity (Wildman–Crippen MR) is 117 cm³/mol. The Labute approximate surface area is 183 Å². The fraction of sp³-hybridized carbons (Fsp3) is 0.500. The van der Waals surface area contributed by atoms with Crippen molar-refractivity contribution < 1.29 is 24.1 Å². The topological polar surface area (TPSA) is 89.9 Å². The molecule has 2 aromatic rings. The molecule has 0 radical (unpaired) electrons. The van der Waals surface area contributed by atoms with Crippen LogP contribution < -0.4 is 10.1 Å². The SMILES string of the molecule is COc1ccnc(CN[C@H]2CCC[C@H](C)[C@@H](OCc3ccccc3)[C@H](C)OC2=O)c1O. The number of hydrogen-bond acceptors (Lipinski definition) is 7. The first kappa shape index (κ1) is 23.0. The largest absolute Gasteiger partial charge is 0.503 e. The molecular formula is C24H32N2O5. The Morgan fingerprint density at radius 3 is 2.71 bits per heavy atom. The normalized spacial score (nSPS) is 24.5. The molecule has 1 aromatic carbocycles. The van der Waals surface area contributed by atoms with Gasteiger partial charge in [0.1, 0.15) is 12.1 Å². The summed E-state index contributed by atoms with van der Waals surface area (Å²) < 4.78 is 17.1. The molecule has 0 bridgehead atoms. The molecule has 1 saturated heterocycles. The third kappa shape index (κ3) is 6.18. The number of nitrogens with zero attached hydrogens (tertiary/aromatic N) is 1. The van der Waals surface area contributed by atoms with E-state index in [1.165, 1.54) is 7.11 Å². The van der Waals surface area contributed by atoms with Crippen LogP contribution in [-0.4, -0.2) is 41.4 Å².